The van der Waals surface area contributed by atoms with Crippen molar-refractivity contribution in [3.05, 3.63) is 77.6 Å². The number of rotatable bonds is 7. The Bertz CT molecular complexity index is 786. The number of nitrogens with one attached hydrogen (secondary N) is 1. The maximum absolute atomic E-state index is 12.9. The summed E-state index contributed by atoms with van der Waals surface area (Å²) in [6, 6.07) is 16.7. The first-order valence-electron chi connectivity index (χ1n) is 7.46. The van der Waals surface area contributed by atoms with Gasteiger partial charge in [-0.05, 0) is 23.3 Å². The van der Waals surface area contributed by atoms with E-state index in [1.807, 2.05) is 18.2 Å². The fourth-order valence-electron chi connectivity index (χ4n) is 1.97. The summed E-state index contributed by atoms with van der Waals surface area (Å²) in [6.45, 7) is 0.701. The van der Waals surface area contributed by atoms with E-state index in [1.165, 1.54) is 29.0 Å². The van der Waals surface area contributed by atoms with Gasteiger partial charge in [0, 0.05) is 12.3 Å². The number of halogens is 1. The third-order valence-electron chi connectivity index (χ3n) is 3.16. The standard InChI is InChI=1S/C18H16FN3S2/c19-16-10-8-15(9-11-16)13-23-18-22-21-17(24-18)20-12-4-7-14-5-2-1-3-6-14/h1-11H,12-13H2,(H,20,21)/b7-4+. The zero-order valence-corrected chi connectivity index (χ0v) is 14.5. The summed E-state index contributed by atoms with van der Waals surface area (Å²) >= 11 is 3.12. The summed E-state index contributed by atoms with van der Waals surface area (Å²) in [6.07, 6.45) is 4.13. The maximum atomic E-state index is 12.9. The second-order valence-electron chi connectivity index (χ2n) is 4.98. The predicted molar refractivity (Wildman–Crippen MR) is 99.8 cm³/mol. The average molecular weight is 357 g/mol. The SMILES string of the molecule is Fc1ccc(CSc2nnc(NC/C=C/c3ccccc3)s2)cc1. The van der Waals surface area contributed by atoms with Crippen molar-refractivity contribution in [1.29, 1.82) is 0 Å². The van der Waals surface area contributed by atoms with Crippen LogP contribution in [0.15, 0.2) is 65.0 Å². The first-order chi connectivity index (χ1) is 11.8. The molecular formula is C18H16FN3S2. The van der Waals surface area contributed by atoms with Crippen LogP contribution >= 0.6 is 23.1 Å². The molecule has 3 aromatic rings. The van der Waals surface area contributed by atoms with E-state index >= 15 is 0 Å². The maximum Gasteiger partial charge on any atom is 0.206 e. The number of benzene rings is 2. The van der Waals surface area contributed by atoms with E-state index in [2.05, 4.69) is 39.8 Å². The van der Waals surface area contributed by atoms with Crippen LogP contribution in [0.2, 0.25) is 0 Å². The lowest BCUT2D eigenvalue weighted by Crippen LogP contribution is -1.96. The van der Waals surface area contributed by atoms with Crippen LogP contribution in [0.5, 0.6) is 0 Å². The van der Waals surface area contributed by atoms with Crippen molar-refractivity contribution >= 4 is 34.3 Å². The highest BCUT2D eigenvalue weighted by molar-refractivity contribution is 8.00. The summed E-state index contributed by atoms with van der Waals surface area (Å²) < 4.78 is 13.8. The van der Waals surface area contributed by atoms with E-state index in [-0.39, 0.29) is 5.82 Å². The smallest absolute Gasteiger partial charge is 0.206 e. The van der Waals surface area contributed by atoms with Gasteiger partial charge in [0.05, 0.1) is 0 Å². The van der Waals surface area contributed by atoms with Crippen LogP contribution < -0.4 is 5.32 Å². The molecule has 0 aliphatic heterocycles. The highest BCUT2D eigenvalue weighted by atomic mass is 32.2. The Balaban J connectivity index is 1.45. The Labute approximate surface area is 148 Å². The molecule has 0 radical (unpaired) electrons. The van der Waals surface area contributed by atoms with Crippen molar-refractivity contribution in [2.24, 2.45) is 0 Å². The highest BCUT2D eigenvalue weighted by Gasteiger charge is 2.04. The van der Waals surface area contributed by atoms with Crippen molar-refractivity contribution in [3.8, 4) is 0 Å². The minimum absolute atomic E-state index is 0.213. The Kier molecular flexibility index (Phi) is 5.98. The molecule has 1 heterocycles. The monoisotopic (exact) mass is 357 g/mol. The van der Waals surface area contributed by atoms with Gasteiger partial charge in [0.1, 0.15) is 5.82 Å². The van der Waals surface area contributed by atoms with E-state index < -0.39 is 0 Å². The highest BCUT2D eigenvalue weighted by Crippen LogP contribution is 2.28. The van der Waals surface area contributed by atoms with Gasteiger partial charge in [0.15, 0.2) is 4.34 Å². The molecule has 0 fully saturated rings. The lowest BCUT2D eigenvalue weighted by atomic mass is 10.2. The zero-order valence-electron chi connectivity index (χ0n) is 12.9. The van der Waals surface area contributed by atoms with Gasteiger partial charge in [-0.1, -0.05) is 77.7 Å². The number of nitrogens with zero attached hydrogens (tertiary/aromatic N) is 2. The summed E-state index contributed by atoms with van der Waals surface area (Å²) in [5, 5.41) is 12.3. The van der Waals surface area contributed by atoms with Crippen molar-refractivity contribution < 1.29 is 4.39 Å². The Morgan fingerprint density at radius 1 is 1.04 bits per heavy atom. The molecule has 24 heavy (non-hydrogen) atoms. The third kappa shape index (κ3) is 5.18. The van der Waals surface area contributed by atoms with E-state index in [0.717, 1.165) is 20.8 Å². The molecule has 2 aromatic carbocycles. The van der Waals surface area contributed by atoms with Gasteiger partial charge in [0.25, 0.3) is 0 Å². The van der Waals surface area contributed by atoms with Gasteiger partial charge in [-0.25, -0.2) is 4.39 Å². The van der Waals surface area contributed by atoms with Crippen LogP contribution in [0, 0.1) is 5.82 Å². The Hall–Kier alpha value is -2.18. The van der Waals surface area contributed by atoms with Crippen molar-refractivity contribution in [1.82, 2.24) is 10.2 Å². The first-order valence-corrected chi connectivity index (χ1v) is 9.26. The largest absolute Gasteiger partial charge is 0.357 e. The van der Waals surface area contributed by atoms with Crippen LogP contribution in [-0.2, 0) is 5.75 Å². The van der Waals surface area contributed by atoms with Crippen LogP contribution in [-0.4, -0.2) is 16.7 Å². The first kappa shape index (κ1) is 16.7. The normalized spacial score (nSPS) is 11.0. The van der Waals surface area contributed by atoms with Crippen LogP contribution in [0.25, 0.3) is 6.08 Å². The molecule has 0 saturated carbocycles. The van der Waals surface area contributed by atoms with Gasteiger partial charge >= 0.3 is 0 Å². The van der Waals surface area contributed by atoms with Crippen LogP contribution in [0.4, 0.5) is 9.52 Å². The van der Waals surface area contributed by atoms with Crippen molar-refractivity contribution in [3.63, 3.8) is 0 Å². The molecule has 0 unspecified atom stereocenters. The van der Waals surface area contributed by atoms with Gasteiger partial charge in [-0.2, -0.15) is 0 Å². The second-order valence-corrected chi connectivity index (χ2v) is 7.18. The summed E-state index contributed by atoms with van der Waals surface area (Å²) in [5.74, 6) is 0.540. The van der Waals surface area contributed by atoms with E-state index in [4.69, 9.17) is 0 Å². The number of hydrogen-bond donors (Lipinski definition) is 1. The van der Waals surface area contributed by atoms with Crippen molar-refractivity contribution in [2.75, 3.05) is 11.9 Å². The van der Waals surface area contributed by atoms with Crippen LogP contribution in [0.1, 0.15) is 11.1 Å². The number of anilines is 1. The van der Waals surface area contributed by atoms with Gasteiger partial charge < -0.3 is 5.32 Å². The summed E-state index contributed by atoms with van der Waals surface area (Å²) in [4.78, 5) is 0. The third-order valence-corrected chi connectivity index (χ3v) is 5.25. The second kappa shape index (κ2) is 8.61. The molecule has 3 nitrogen and oxygen atoms in total. The molecule has 0 bridgehead atoms. The molecule has 6 heteroatoms. The van der Waals surface area contributed by atoms with Crippen LogP contribution in [0.3, 0.4) is 0 Å². The topological polar surface area (TPSA) is 37.8 Å². The Morgan fingerprint density at radius 3 is 2.62 bits per heavy atom. The number of hydrogen-bond acceptors (Lipinski definition) is 5. The molecule has 122 valence electrons. The molecule has 1 N–H and O–H groups in total. The fourth-order valence-corrected chi connectivity index (χ4v) is 3.69. The molecule has 1 aromatic heterocycles. The minimum atomic E-state index is -0.213. The summed E-state index contributed by atoms with van der Waals surface area (Å²) in [5.41, 5.74) is 2.24. The fraction of sp³-hybridized carbons (Fsp3) is 0.111. The molecule has 0 atom stereocenters. The van der Waals surface area contributed by atoms with E-state index in [9.17, 15) is 4.39 Å². The molecule has 3 rings (SSSR count). The van der Waals surface area contributed by atoms with Gasteiger partial charge in [0.2, 0.25) is 5.13 Å². The Morgan fingerprint density at radius 2 is 1.83 bits per heavy atom. The number of aromatic nitrogens is 2. The molecule has 0 amide bonds. The molecule has 0 saturated heterocycles. The molecule has 0 aliphatic rings. The van der Waals surface area contributed by atoms with Gasteiger partial charge in [-0.15, -0.1) is 10.2 Å². The molecular weight excluding hydrogens is 341 g/mol. The summed E-state index contributed by atoms with van der Waals surface area (Å²) in [7, 11) is 0. The number of thioether (sulfide) groups is 1. The average Bonchev–Trinajstić information content (AvgIpc) is 3.07. The minimum Gasteiger partial charge on any atom is -0.357 e. The quantitative estimate of drug-likeness (QED) is 0.597. The van der Waals surface area contributed by atoms with Gasteiger partial charge in [-0.3, -0.25) is 0 Å². The lowest BCUT2D eigenvalue weighted by Gasteiger charge is -1.98. The van der Waals surface area contributed by atoms with E-state index in [0.29, 0.717) is 6.54 Å². The molecule has 0 aliphatic carbocycles. The zero-order chi connectivity index (χ0) is 16.6. The van der Waals surface area contributed by atoms with E-state index in [1.54, 1.807) is 23.9 Å². The lowest BCUT2D eigenvalue weighted by molar-refractivity contribution is 0.627. The van der Waals surface area contributed by atoms with Crippen molar-refractivity contribution in [2.45, 2.75) is 10.1 Å². The molecule has 0 spiro atoms. The predicted octanol–water partition coefficient (Wildman–Crippen LogP) is 5.09.